The highest BCUT2D eigenvalue weighted by Gasteiger charge is 2.36. The minimum Gasteiger partial charge on any atom is -0.378 e. The molecule has 0 atom stereocenters. The number of nitro groups is 1. The zero-order valence-electron chi connectivity index (χ0n) is 10.4. The van der Waals surface area contributed by atoms with Gasteiger partial charge in [-0.25, -0.2) is 0 Å². The molecule has 7 heteroatoms. The Morgan fingerprint density at radius 3 is 2.53 bits per heavy atom. The van der Waals surface area contributed by atoms with E-state index in [0.717, 1.165) is 12.8 Å². The fraction of sp³-hybridized carbons (Fsp3) is 0.500. The lowest BCUT2D eigenvalue weighted by Gasteiger charge is -2.40. The van der Waals surface area contributed by atoms with Crippen molar-refractivity contribution in [1.29, 1.82) is 0 Å². The molecule has 4 nitrogen and oxygen atoms in total. The molecular formula is C12H14Cl2N2O2S. The molecule has 1 aromatic carbocycles. The first-order valence-corrected chi connectivity index (χ1v) is 7.88. The lowest BCUT2D eigenvalue weighted by molar-refractivity contribution is -0.383. The van der Waals surface area contributed by atoms with Gasteiger partial charge in [0, 0.05) is 17.4 Å². The highest BCUT2D eigenvalue weighted by Crippen LogP contribution is 2.43. The molecule has 1 aliphatic rings. The molecule has 1 aromatic rings. The molecule has 2 rings (SSSR count). The molecule has 0 bridgehead atoms. The third-order valence-corrected chi connectivity index (χ3v) is 5.67. The van der Waals surface area contributed by atoms with Gasteiger partial charge in [0.1, 0.15) is 5.69 Å². The number of anilines is 1. The number of benzene rings is 1. The van der Waals surface area contributed by atoms with Crippen LogP contribution in [0.4, 0.5) is 11.4 Å². The third kappa shape index (κ3) is 3.09. The molecule has 0 aromatic heterocycles. The minimum absolute atomic E-state index is 0.0371. The van der Waals surface area contributed by atoms with Crippen molar-refractivity contribution < 1.29 is 4.92 Å². The largest absolute Gasteiger partial charge is 0.378 e. The molecule has 0 aliphatic heterocycles. The molecule has 19 heavy (non-hydrogen) atoms. The quantitative estimate of drug-likeness (QED) is 0.636. The van der Waals surface area contributed by atoms with Crippen LogP contribution < -0.4 is 5.32 Å². The van der Waals surface area contributed by atoms with Gasteiger partial charge in [0.25, 0.3) is 5.69 Å². The van der Waals surface area contributed by atoms with Crippen molar-refractivity contribution in [2.24, 2.45) is 0 Å². The summed E-state index contributed by atoms with van der Waals surface area (Å²) in [6, 6.07) is 2.81. The molecule has 1 fully saturated rings. The highest BCUT2D eigenvalue weighted by atomic mass is 35.5. The van der Waals surface area contributed by atoms with Crippen molar-refractivity contribution in [2.75, 3.05) is 18.1 Å². The van der Waals surface area contributed by atoms with E-state index >= 15 is 0 Å². The summed E-state index contributed by atoms with van der Waals surface area (Å²) in [7, 11) is 0. The first kappa shape index (κ1) is 14.8. The van der Waals surface area contributed by atoms with Gasteiger partial charge in [-0.2, -0.15) is 11.8 Å². The number of rotatable bonds is 5. The van der Waals surface area contributed by atoms with Crippen LogP contribution in [0.5, 0.6) is 0 Å². The summed E-state index contributed by atoms with van der Waals surface area (Å²) >= 11 is 13.5. The van der Waals surface area contributed by atoms with Gasteiger partial charge in [0.05, 0.1) is 15.0 Å². The predicted octanol–water partition coefficient (Wildman–Crippen LogP) is 4.60. The van der Waals surface area contributed by atoms with Crippen LogP contribution in [0.3, 0.4) is 0 Å². The second-order valence-electron chi connectivity index (χ2n) is 4.63. The molecule has 0 spiro atoms. The fourth-order valence-corrected chi connectivity index (χ4v) is 3.34. The Labute approximate surface area is 126 Å². The average Bonchev–Trinajstić information content (AvgIpc) is 2.32. The Morgan fingerprint density at radius 1 is 1.42 bits per heavy atom. The summed E-state index contributed by atoms with van der Waals surface area (Å²) in [4.78, 5) is 10.6. The lowest BCUT2D eigenvalue weighted by atomic mass is 9.84. The van der Waals surface area contributed by atoms with E-state index in [1.807, 2.05) is 11.8 Å². The number of hydrogen-bond donors (Lipinski definition) is 1. The van der Waals surface area contributed by atoms with Gasteiger partial charge in [-0.3, -0.25) is 10.1 Å². The van der Waals surface area contributed by atoms with E-state index in [4.69, 9.17) is 23.2 Å². The summed E-state index contributed by atoms with van der Waals surface area (Å²) < 4.78 is 0.194. The van der Waals surface area contributed by atoms with Crippen molar-refractivity contribution in [1.82, 2.24) is 0 Å². The van der Waals surface area contributed by atoms with Crippen molar-refractivity contribution in [3.63, 3.8) is 0 Å². The molecule has 0 saturated heterocycles. The summed E-state index contributed by atoms with van der Waals surface area (Å²) in [6.07, 6.45) is 5.56. The van der Waals surface area contributed by atoms with E-state index in [0.29, 0.717) is 17.3 Å². The third-order valence-electron chi connectivity index (χ3n) is 3.53. The first-order valence-electron chi connectivity index (χ1n) is 5.90. The molecule has 1 saturated carbocycles. The number of nitrogens with one attached hydrogen (secondary N) is 1. The van der Waals surface area contributed by atoms with Crippen LogP contribution in [0.2, 0.25) is 10.0 Å². The van der Waals surface area contributed by atoms with E-state index in [1.165, 1.54) is 18.6 Å². The van der Waals surface area contributed by atoms with Crippen molar-refractivity contribution in [3.05, 3.63) is 32.3 Å². The van der Waals surface area contributed by atoms with Crippen molar-refractivity contribution >= 4 is 46.3 Å². The van der Waals surface area contributed by atoms with Crippen LogP contribution >= 0.6 is 35.0 Å². The summed E-state index contributed by atoms with van der Waals surface area (Å²) in [5.74, 6) is 0. The number of hydrogen-bond acceptors (Lipinski definition) is 4. The molecule has 0 unspecified atom stereocenters. The van der Waals surface area contributed by atoms with Gasteiger partial charge in [0.2, 0.25) is 0 Å². The summed E-state index contributed by atoms with van der Waals surface area (Å²) in [5.41, 5.74) is 0.393. The minimum atomic E-state index is -0.447. The van der Waals surface area contributed by atoms with E-state index in [-0.39, 0.29) is 15.5 Å². The Kier molecular flexibility index (Phi) is 4.48. The van der Waals surface area contributed by atoms with Crippen LogP contribution in [0.15, 0.2) is 12.1 Å². The number of nitrogens with zero attached hydrogens (tertiary/aromatic N) is 1. The second-order valence-corrected chi connectivity index (χ2v) is 6.72. The normalized spacial score (nSPS) is 16.8. The Hall–Kier alpha value is -0.650. The molecule has 0 amide bonds. The van der Waals surface area contributed by atoms with E-state index < -0.39 is 4.92 Å². The maximum atomic E-state index is 11.0. The Balaban J connectivity index is 2.19. The Bertz CT molecular complexity index is 501. The van der Waals surface area contributed by atoms with Crippen LogP contribution in [0.25, 0.3) is 0 Å². The zero-order valence-corrected chi connectivity index (χ0v) is 12.7. The highest BCUT2D eigenvalue weighted by molar-refractivity contribution is 8.00. The maximum absolute atomic E-state index is 11.0. The van der Waals surface area contributed by atoms with Crippen LogP contribution in [-0.2, 0) is 0 Å². The Morgan fingerprint density at radius 2 is 2.05 bits per heavy atom. The molecule has 0 heterocycles. The van der Waals surface area contributed by atoms with Gasteiger partial charge in [-0.15, -0.1) is 0 Å². The topological polar surface area (TPSA) is 55.2 Å². The van der Waals surface area contributed by atoms with E-state index in [2.05, 4.69) is 11.6 Å². The zero-order chi connectivity index (χ0) is 14.0. The van der Waals surface area contributed by atoms with Crippen molar-refractivity contribution in [3.8, 4) is 0 Å². The number of thioether (sulfide) groups is 1. The van der Waals surface area contributed by atoms with E-state index in [9.17, 15) is 10.1 Å². The van der Waals surface area contributed by atoms with Gasteiger partial charge in [0.15, 0.2) is 0 Å². The van der Waals surface area contributed by atoms with Gasteiger partial charge in [-0.1, -0.05) is 29.6 Å². The summed E-state index contributed by atoms with van der Waals surface area (Å²) in [6.45, 7) is 0.701. The SMILES string of the molecule is CSC1(CNc2cc(Cl)c(Cl)cc2[N+](=O)[O-])CCC1. The van der Waals surface area contributed by atoms with E-state index in [1.54, 1.807) is 0 Å². The number of nitro benzene ring substituents is 1. The molecular weight excluding hydrogens is 307 g/mol. The summed E-state index contributed by atoms with van der Waals surface area (Å²) in [5, 5.41) is 14.7. The molecule has 1 aliphatic carbocycles. The average molecular weight is 321 g/mol. The first-order chi connectivity index (χ1) is 8.97. The standard InChI is InChI=1S/C12H14Cl2N2O2S/c1-19-12(3-2-4-12)7-15-10-5-8(13)9(14)6-11(10)16(17)18/h5-6,15H,2-4,7H2,1H3. The lowest BCUT2D eigenvalue weighted by Crippen LogP contribution is -2.40. The van der Waals surface area contributed by atoms with Crippen LogP contribution in [-0.4, -0.2) is 22.5 Å². The molecule has 104 valence electrons. The molecule has 0 radical (unpaired) electrons. The van der Waals surface area contributed by atoms with Crippen LogP contribution in [0.1, 0.15) is 19.3 Å². The predicted molar refractivity (Wildman–Crippen MR) is 81.7 cm³/mol. The monoisotopic (exact) mass is 320 g/mol. The smallest absolute Gasteiger partial charge is 0.293 e. The number of halogens is 2. The fourth-order valence-electron chi connectivity index (χ4n) is 2.11. The maximum Gasteiger partial charge on any atom is 0.293 e. The molecule has 1 N–H and O–H groups in total. The second kappa shape index (κ2) is 5.77. The van der Waals surface area contributed by atoms with Crippen LogP contribution in [0, 0.1) is 10.1 Å². The van der Waals surface area contributed by atoms with Crippen molar-refractivity contribution in [2.45, 2.75) is 24.0 Å². The van der Waals surface area contributed by atoms with Gasteiger partial charge >= 0.3 is 0 Å². The van der Waals surface area contributed by atoms with Gasteiger partial charge < -0.3 is 5.32 Å². The van der Waals surface area contributed by atoms with Gasteiger partial charge in [-0.05, 0) is 25.2 Å².